The van der Waals surface area contributed by atoms with Gasteiger partial charge in [0.25, 0.3) is 0 Å². The summed E-state index contributed by atoms with van der Waals surface area (Å²) in [7, 11) is 0. The van der Waals surface area contributed by atoms with Gasteiger partial charge in [-0.15, -0.1) is 0 Å². The van der Waals surface area contributed by atoms with Gasteiger partial charge in [-0.3, -0.25) is 4.79 Å². The lowest BCUT2D eigenvalue weighted by molar-refractivity contribution is -0.133. The largest absolute Gasteiger partial charge is 0.383 e. The second kappa shape index (κ2) is 4.24. The molecule has 76 valence electrons. The van der Waals surface area contributed by atoms with E-state index < -0.39 is 5.60 Å². The maximum Gasteiger partial charge on any atom is 0.168 e. The number of ketones is 1. The fraction of sp³-hybridized carbons (Fsp3) is 0.364. The van der Waals surface area contributed by atoms with Gasteiger partial charge in [-0.05, 0) is 31.5 Å². The zero-order valence-electron chi connectivity index (χ0n) is 8.25. The summed E-state index contributed by atoms with van der Waals surface area (Å²) in [6.45, 7) is 3.01. The van der Waals surface area contributed by atoms with Crippen LogP contribution in [0.15, 0.2) is 28.7 Å². The highest BCUT2D eigenvalue weighted by molar-refractivity contribution is 9.10. The molecular weight excluding hydrogens is 244 g/mol. The maximum absolute atomic E-state index is 11.5. The predicted octanol–water partition coefficient (Wildman–Crippen LogP) is 2.33. The molecule has 1 N–H and O–H groups in total. The van der Waals surface area contributed by atoms with Crippen molar-refractivity contribution in [3.05, 3.63) is 34.3 Å². The Kier molecular flexibility index (Phi) is 3.45. The first kappa shape index (κ1) is 11.4. The molecule has 1 rings (SSSR count). The summed E-state index contributed by atoms with van der Waals surface area (Å²) in [6, 6.07) is 7.52. The summed E-state index contributed by atoms with van der Waals surface area (Å²) in [5, 5.41) is 9.46. The van der Waals surface area contributed by atoms with Crippen LogP contribution in [0.2, 0.25) is 0 Å². The van der Waals surface area contributed by atoms with Gasteiger partial charge in [-0.25, -0.2) is 0 Å². The van der Waals surface area contributed by atoms with Gasteiger partial charge in [0.05, 0.1) is 0 Å². The molecule has 1 aromatic carbocycles. The van der Waals surface area contributed by atoms with Crippen LogP contribution in [0.4, 0.5) is 0 Å². The number of hydrogen-bond donors (Lipinski definition) is 1. The highest BCUT2D eigenvalue weighted by atomic mass is 79.9. The second-order valence-electron chi connectivity index (χ2n) is 3.79. The normalized spacial score (nSPS) is 11.4. The Morgan fingerprint density at radius 3 is 2.64 bits per heavy atom. The molecule has 0 amide bonds. The quantitative estimate of drug-likeness (QED) is 0.902. The van der Waals surface area contributed by atoms with Gasteiger partial charge < -0.3 is 5.11 Å². The lowest BCUT2D eigenvalue weighted by atomic mass is 9.97. The molecule has 0 heterocycles. The molecule has 2 nitrogen and oxygen atoms in total. The Bertz CT molecular complexity index is 339. The van der Waals surface area contributed by atoms with E-state index in [1.165, 1.54) is 13.8 Å². The third-order valence-electron chi connectivity index (χ3n) is 1.94. The summed E-state index contributed by atoms with van der Waals surface area (Å²) in [5.41, 5.74) is -0.339. The molecule has 0 bridgehead atoms. The van der Waals surface area contributed by atoms with Gasteiger partial charge in [0.1, 0.15) is 5.60 Å². The number of Topliss-reactive ketones (excluding diaryl/α,β-unsaturated/α-hetero) is 1. The van der Waals surface area contributed by atoms with E-state index in [0.29, 0.717) is 0 Å². The van der Waals surface area contributed by atoms with Crippen LogP contribution in [-0.4, -0.2) is 16.5 Å². The van der Waals surface area contributed by atoms with Crippen LogP contribution in [0.25, 0.3) is 0 Å². The number of benzene rings is 1. The average molecular weight is 257 g/mol. The van der Waals surface area contributed by atoms with Crippen LogP contribution in [-0.2, 0) is 11.2 Å². The monoisotopic (exact) mass is 256 g/mol. The second-order valence-corrected chi connectivity index (χ2v) is 4.70. The van der Waals surface area contributed by atoms with E-state index >= 15 is 0 Å². The van der Waals surface area contributed by atoms with Gasteiger partial charge in [0.2, 0.25) is 0 Å². The van der Waals surface area contributed by atoms with E-state index in [4.69, 9.17) is 0 Å². The lowest BCUT2D eigenvalue weighted by Gasteiger charge is -2.15. The molecule has 0 fully saturated rings. The number of aliphatic hydroxyl groups is 1. The Morgan fingerprint density at radius 2 is 2.14 bits per heavy atom. The van der Waals surface area contributed by atoms with Crippen molar-refractivity contribution in [2.24, 2.45) is 0 Å². The minimum atomic E-state index is -1.25. The third kappa shape index (κ3) is 3.24. The van der Waals surface area contributed by atoms with Crippen molar-refractivity contribution in [2.75, 3.05) is 0 Å². The van der Waals surface area contributed by atoms with E-state index in [0.717, 1.165) is 10.0 Å². The van der Waals surface area contributed by atoms with Gasteiger partial charge in [0.15, 0.2) is 5.78 Å². The summed E-state index contributed by atoms with van der Waals surface area (Å²) >= 11 is 3.33. The molecule has 0 atom stereocenters. The van der Waals surface area contributed by atoms with Crippen LogP contribution >= 0.6 is 15.9 Å². The Labute approximate surface area is 92.1 Å². The fourth-order valence-electron chi connectivity index (χ4n) is 1.05. The first-order valence-corrected chi connectivity index (χ1v) is 5.19. The topological polar surface area (TPSA) is 37.3 Å². The van der Waals surface area contributed by atoms with Crippen molar-refractivity contribution in [2.45, 2.75) is 25.9 Å². The predicted molar refractivity (Wildman–Crippen MR) is 59.2 cm³/mol. The van der Waals surface area contributed by atoms with Gasteiger partial charge in [0, 0.05) is 10.9 Å². The first-order valence-electron chi connectivity index (χ1n) is 4.40. The van der Waals surface area contributed by atoms with Gasteiger partial charge in [-0.2, -0.15) is 0 Å². The molecule has 0 saturated carbocycles. The number of carbonyl (C=O) groups excluding carboxylic acids is 1. The average Bonchev–Trinajstić information content (AvgIpc) is 2.02. The molecule has 0 aliphatic rings. The number of rotatable bonds is 3. The molecule has 0 aliphatic carbocycles. The van der Waals surface area contributed by atoms with Crippen LogP contribution in [0.5, 0.6) is 0 Å². The number of carbonyl (C=O) groups is 1. The highest BCUT2D eigenvalue weighted by Crippen LogP contribution is 2.14. The van der Waals surface area contributed by atoms with Crippen molar-refractivity contribution >= 4 is 21.7 Å². The number of halogens is 1. The van der Waals surface area contributed by atoms with Crippen molar-refractivity contribution in [1.29, 1.82) is 0 Å². The Morgan fingerprint density at radius 1 is 1.50 bits per heavy atom. The smallest absolute Gasteiger partial charge is 0.168 e. The molecule has 1 aromatic rings. The summed E-state index contributed by atoms with van der Waals surface area (Å²) in [5.74, 6) is -0.171. The van der Waals surface area contributed by atoms with E-state index in [1.807, 2.05) is 24.3 Å². The molecule has 0 aliphatic heterocycles. The fourth-order valence-corrected chi connectivity index (χ4v) is 1.50. The molecule has 0 radical (unpaired) electrons. The Balaban J connectivity index is 2.75. The lowest BCUT2D eigenvalue weighted by Crippen LogP contribution is -2.32. The van der Waals surface area contributed by atoms with Gasteiger partial charge in [-0.1, -0.05) is 28.1 Å². The molecule has 0 unspecified atom stereocenters. The summed E-state index contributed by atoms with van der Waals surface area (Å²) in [6.07, 6.45) is 0.267. The standard InChI is InChI=1S/C11H13BrO2/c1-11(2,14)10(13)7-8-4-3-5-9(12)6-8/h3-6,14H,7H2,1-2H3. The summed E-state index contributed by atoms with van der Waals surface area (Å²) < 4.78 is 0.943. The molecule has 3 heteroatoms. The zero-order valence-corrected chi connectivity index (χ0v) is 9.84. The highest BCUT2D eigenvalue weighted by Gasteiger charge is 2.23. The van der Waals surface area contributed by atoms with E-state index in [-0.39, 0.29) is 12.2 Å². The van der Waals surface area contributed by atoms with Crippen LogP contribution in [0.1, 0.15) is 19.4 Å². The molecule has 0 saturated heterocycles. The molecular formula is C11H13BrO2. The van der Waals surface area contributed by atoms with Crippen molar-refractivity contribution in [3.8, 4) is 0 Å². The van der Waals surface area contributed by atoms with Crippen LogP contribution in [0, 0.1) is 0 Å². The zero-order chi connectivity index (χ0) is 10.8. The minimum absolute atomic E-state index is 0.171. The summed E-state index contributed by atoms with van der Waals surface area (Å²) in [4.78, 5) is 11.5. The molecule has 0 aromatic heterocycles. The van der Waals surface area contributed by atoms with E-state index in [1.54, 1.807) is 0 Å². The third-order valence-corrected chi connectivity index (χ3v) is 2.43. The first-order chi connectivity index (χ1) is 6.39. The van der Waals surface area contributed by atoms with Crippen molar-refractivity contribution in [1.82, 2.24) is 0 Å². The minimum Gasteiger partial charge on any atom is -0.383 e. The van der Waals surface area contributed by atoms with Crippen molar-refractivity contribution in [3.63, 3.8) is 0 Å². The van der Waals surface area contributed by atoms with Crippen LogP contribution < -0.4 is 0 Å². The van der Waals surface area contributed by atoms with Crippen molar-refractivity contribution < 1.29 is 9.90 Å². The SMILES string of the molecule is CC(C)(O)C(=O)Cc1cccc(Br)c1. The van der Waals surface area contributed by atoms with Gasteiger partial charge >= 0.3 is 0 Å². The van der Waals surface area contributed by atoms with E-state index in [2.05, 4.69) is 15.9 Å². The number of hydrogen-bond acceptors (Lipinski definition) is 2. The van der Waals surface area contributed by atoms with Crippen LogP contribution in [0.3, 0.4) is 0 Å². The van der Waals surface area contributed by atoms with E-state index in [9.17, 15) is 9.90 Å². The Hall–Kier alpha value is -0.670. The molecule has 14 heavy (non-hydrogen) atoms. The molecule has 0 spiro atoms. The maximum atomic E-state index is 11.5.